The molecule has 128 valence electrons. The number of para-hydroxylation sites is 1. The van der Waals surface area contributed by atoms with E-state index in [1.807, 2.05) is 55.5 Å². The molecule has 0 saturated carbocycles. The van der Waals surface area contributed by atoms with E-state index in [1.165, 1.54) is 4.90 Å². The Balaban J connectivity index is 1.66. The summed E-state index contributed by atoms with van der Waals surface area (Å²) >= 11 is 0. The van der Waals surface area contributed by atoms with Gasteiger partial charge in [-0.1, -0.05) is 42.5 Å². The largest absolute Gasteiger partial charge is 0.494 e. The molecule has 1 atom stereocenters. The fourth-order valence-electron chi connectivity index (χ4n) is 3.83. The maximum Gasteiger partial charge on any atom is 0.325 e. The molecule has 25 heavy (non-hydrogen) atoms. The van der Waals surface area contributed by atoms with Crippen LogP contribution in [0.15, 0.2) is 48.5 Å². The highest BCUT2D eigenvalue weighted by atomic mass is 16.5. The summed E-state index contributed by atoms with van der Waals surface area (Å²) in [7, 11) is 0. The van der Waals surface area contributed by atoms with Gasteiger partial charge in [-0.3, -0.25) is 9.69 Å². The molecule has 1 spiro atoms. The Morgan fingerprint density at radius 3 is 2.72 bits per heavy atom. The van der Waals surface area contributed by atoms with Crippen LogP contribution in [0.3, 0.4) is 0 Å². The third-order valence-corrected chi connectivity index (χ3v) is 5.02. The first-order valence-corrected chi connectivity index (χ1v) is 8.59. The van der Waals surface area contributed by atoms with E-state index < -0.39 is 5.54 Å². The van der Waals surface area contributed by atoms with Gasteiger partial charge >= 0.3 is 6.03 Å². The van der Waals surface area contributed by atoms with Crippen LogP contribution in [0, 0.1) is 0 Å². The van der Waals surface area contributed by atoms with Crippen molar-refractivity contribution >= 4 is 11.9 Å². The molecule has 5 nitrogen and oxygen atoms in total. The number of hydrogen-bond acceptors (Lipinski definition) is 3. The molecule has 1 fully saturated rings. The summed E-state index contributed by atoms with van der Waals surface area (Å²) in [5.74, 6) is 0.534. The predicted octanol–water partition coefficient (Wildman–Crippen LogP) is 2.98. The van der Waals surface area contributed by atoms with E-state index in [-0.39, 0.29) is 18.5 Å². The van der Waals surface area contributed by atoms with Gasteiger partial charge in [-0.2, -0.15) is 0 Å². The van der Waals surface area contributed by atoms with Crippen molar-refractivity contribution in [2.45, 2.75) is 31.8 Å². The molecule has 2 aromatic carbocycles. The van der Waals surface area contributed by atoms with Crippen LogP contribution in [0.1, 0.15) is 30.0 Å². The van der Waals surface area contributed by atoms with E-state index in [4.69, 9.17) is 4.74 Å². The highest BCUT2D eigenvalue weighted by Crippen LogP contribution is 2.41. The fourth-order valence-corrected chi connectivity index (χ4v) is 3.83. The van der Waals surface area contributed by atoms with Crippen LogP contribution in [-0.2, 0) is 23.3 Å². The van der Waals surface area contributed by atoms with Gasteiger partial charge in [-0.15, -0.1) is 0 Å². The zero-order valence-corrected chi connectivity index (χ0v) is 14.1. The molecule has 2 aliphatic rings. The van der Waals surface area contributed by atoms with Crippen molar-refractivity contribution in [2.24, 2.45) is 0 Å². The number of nitrogens with zero attached hydrogens (tertiary/aromatic N) is 1. The lowest BCUT2D eigenvalue weighted by Crippen LogP contribution is -2.41. The second kappa shape index (κ2) is 5.92. The highest BCUT2D eigenvalue weighted by Gasteiger charge is 2.55. The van der Waals surface area contributed by atoms with E-state index in [9.17, 15) is 9.59 Å². The van der Waals surface area contributed by atoms with Crippen LogP contribution >= 0.6 is 0 Å². The molecule has 0 bridgehead atoms. The zero-order valence-electron chi connectivity index (χ0n) is 14.1. The number of ether oxygens (including phenoxy) is 1. The van der Waals surface area contributed by atoms with E-state index >= 15 is 0 Å². The van der Waals surface area contributed by atoms with E-state index in [2.05, 4.69) is 5.32 Å². The summed E-state index contributed by atoms with van der Waals surface area (Å²) in [6, 6.07) is 15.0. The second-order valence-electron chi connectivity index (χ2n) is 6.42. The number of carbonyl (C=O) groups is 2. The van der Waals surface area contributed by atoms with Gasteiger partial charge in [0.2, 0.25) is 0 Å². The van der Waals surface area contributed by atoms with Crippen molar-refractivity contribution in [2.75, 3.05) is 6.61 Å². The van der Waals surface area contributed by atoms with Crippen LogP contribution < -0.4 is 10.1 Å². The number of fused-ring (bicyclic) bond motifs is 2. The maximum atomic E-state index is 13.2. The molecule has 5 heteroatoms. The summed E-state index contributed by atoms with van der Waals surface area (Å²) in [6.07, 6.45) is 1.41. The molecule has 4 rings (SSSR count). The number of hydrogen-bond donors (Lipinski definition) is 1. The summed E-state index contributed by atoms with van der Waals surface area (Å²) in [5.41, 5.74) is 1.98. The molecular formula is C20H20N2O3. The van der Waals surface area contributed by atoms with Crippen molar-refractivity contribution in [3.63, 3.8) is 0 Å². The number of nitrogens with one attached hydrogen (secondary N) is 1. The lowest BCUT2D eigenvalue weighted by Gasteiger charge is -2.22. The average molecular weight is 336 g/mol. The second-order valence-corrected chi connectivity index (χ2v) is 6.42. The third-order valence-electron chi connectivity index (χ3n) is 5.02. The molecule has 0 radical (unpaired) electrons. The Bertz CT molecular complexity index is 848. The molecule has 2 aromatic rings. The molecule has 1 aliphatic carbocycles. The van der Waals surface area contributed by atoms with Crippen molar-refractivity contribution in [1.82, 2.24) is 10.2 Å². The number of rotatable bonds is 4. The zero-order chi connectivity index (χ0) is 17.4. The molecule has 1 saturated heterocycles. The maximum absolute atomic E-state index is 13.2. The van der Waals surface area contributed by atoms with Crippen LogP contribution in [0.4, 0.5) is 4.79 Å². The Morgan fingerprint density at radius 1 is 1.12 bits per heavy atom. The standard InChI is InChI=1S/C20H20N2O3/c1-2-25-17-10-6-4-8-15(17)13-22-18(23)20(21-19(22)24)12-11-14-7-3-5-9-16(14)20/h3-10H,2,11-13H2,1H3,(H,21,24)/t20-/m1/s1. The predicted molar refractivity (Wildman–Crippen MR) is 93.1 cm³/mol. The summed E-state index contributed by atoms with van der Waals surface area (Å²) in [5, 5.41) is 2.95. The van der Waals surface area contributed by atoms with Crippen LogP contribution in [0.2, 0.25) is 0 Å². The summed E-state index contributed by atoms with van der Waals surface area (Å²) in [4.78, 5) is 27.1. The monoisotopic (exact) mass is 336 g/mol. The van der Waals surface area contributed by atoms with Crippen molar-refractivity contribution in [3.05, 3.63) is 65.2 Å². The quantitative estimate of drug-likeness (QED) is 0.873. The van der Waals surface area contributed by atoms with Crippen molar-refractivity contribution < 1.29 is 14.3 Å². The Hall–Kier alpha value is -2.82. The topological polar surface area (TPSA) is 58.6 Å². The summed E-state index contributed by atoms with van der Waals surface area (Å²) in [6.45, 7) is 2.66. The molecule has 0 unspecified atom stereocenters. The fraction of sp³-hybridized carbons (Fsp3) is 0.300. The minimum Gasteiger partial charge on any atom is -0.494 e. The molecule has 1 heterocycles. The van der Waals surface area contributed by atoms with Crippen molar-refractivity contribution in [3.8, 4) is 5.75 Å². The number of carbonyl (C=O) groups excluding carboxylic acids is 2. The van der Waals surface area contributed by atoms with Gasteiger partial charge in [-0.25, -0.2) is 4.79 Å². The normalized spacial score (nSPS) is 21.6. The van der Waals surface area contributed by atoms with E-state index in [0.29, 0.717) is 18.8 Å². The summed E-state index contributed by atoms with van der Waals surface area (Å²) < 4.78 is 5.62. The first-order chi connectivity index (χ1) is 12.2. The number of amides is 3. The van der Waals surface area contributed by atoms with Crippen LogP contribution in [0.25, 0.3) is 0 Å². The van der Waals surface area contributed by atoms with E-state index in [0.717, 1.165) is 23.1 Å². The molecule has 1 aliphatic heterocycles. The molecule has 0 aromatic heterocycles. The lowest BCUT2D eigenvalue weighted by molar-refractivity contribution is -0.132. The SMILES string of the molecule is CCOc1ccccc1CN1C(=O)N[C@@]2(CCc3ccccc32)C1=O. The number of aryl methyl sites for hydroxylation is 1. The Kier molecular flexibility index (Phi) is 3.71. The Labute approximate surface area is 146 Å². The smallest absolute Gasteiger partial charge is 0.325 e. The lowest BCUT2D eigenvalue weighted by atomic mass is 9.92. The third kappa shape index (κ3) is 2.38. The molecular weight excluding hydrogens is 316 g/mol. The van der Waals surface area contributed by atoms with Gasteiger partial charge in [0.15, 0.2) is 0 Å². The van der Waals surface area contributed by atoms with Crippen LogP contribution in [-0.4, -0.2) is 23.4 Å². The first kappa shape index (κ1) is 15.7. The highest BCUT2D eigenvalue weighted by molar-refractivity contribution is 6.08. The number of imide groups is 1. The van der Waals surface area contributed by atoms with Gasteiger partial charge in [-0.05, 0) is 37.0 Å². The number of urea groups is 1. The van der Waals surface area contributed by atoms with Crippen molar-refractivity contribution in [1.29, 1.82) is 0 Å². The van der Waals surface area contributed by atoms with Gasteiger partial charge in [0, 0.05) is 5.56 Å². The molecule has 3 amide bonds. The van der Waals surface area contributed by atoms with Crippen LogP contribution in [0.5, 0.6) is 5.75 Å². The Morgan fingerprint density at radius 2 is 1.88 bits per heavy atom. The van der Waals surface area contributed by atoms with Gasteiger partial charge in [0.1, 0.15) is 11.3 Å². The van der Waals surface area contributed by atoms with Gasteiger partial charge < -0.3 is 10.1 Å². The minimum absolute atomic E-state index is 0.172. The average Bonchev–Trinajstić information content (AvgIpc) is 3.11. The number of benzene rings is 2. The van der Waals surface area contributed by atoms with Gasteiger partial charge in [0.25, 0.3) is 5.91 Å². The minimum atomic E-state index is -0.908. The van der Waals surface area contributed by atoms with Gasteiger partial charge in [0.05, 0.1) is 13.2 Å². The molecule has 1 N–H and O–H groups in total. The first-order valence-electron chi connectivity index (χ1n) is 8.59. The van der Waals surface area contributed by atoms with E-state index in [1.54, 1.807) is 0 Å².